The number of amides is 1. The molecule has 4 aliphatic rings. The summed E-state index contributed by atoms with van der Waals surface area (Å²) in [6, 6.07) is 4.96. The summed E-state index contributed by atoms with van der Waals surface area (Å²) in [7, 11) is 0. The maximum absolute atomic E-state index is 12.0. The third kappa shape index (κ3) is 2.82. The van der Waals surface area contributed by atoms with Gasteiger partial charge in [-0.3, -0.25) is 4.79 Å². The first-order valence-corrected chi connectivity index (χ1v) is 12.2. The molecule has 1 saturated heterocycles. The standard InChI is InChI=1S/C24H35NOS/c1-23-13-11-20-18(8-10-21-24(20,2)14-12-22(26)25-21)19(23)9-6-16(23)5-7-17-4-3-15-27-17/h3-4,15-16,18-21H,5-14H2,1-2H3,(H,25,26)/t16-,18-,19-,20-,21+,23+,24+/m0/s1. The Morgan fingerprint density at radius 3 is 2.74 bits per heavy atom. The maximum atomic E-state index is 12.0. The predicted octanol–water partition coefficient (Wildman–Crippen LogP) is 5.82. The fourth-order valence-electron chi connectivity index (χ4n) is 8.06. The quantitative estimate of drug-likeness (QED) is 0.698. The highest BCUT2D eigenvalue weighted by molar-refractivity contribution is 7.09. The van der Waals surface area contributed by atoms with Crippen LogP contribution in [0, 0.1) is 34.5 Å². The first kappa shape index (κ1) is 18.2. The average molecular weight is 386 g/mol. The van der Waals surface area contributed by atoms with Gasteiger partial charge in [0.25, 0.3) is 0 Å². The molecule has 0 radical (unpaired) electrons. The van der Waals surface area contributed by atoms with Crippen LogP contribution in [0.5, 0.6) is 0 Å². The van der Waals surface area contributed by atoms with Crippen molar-refractivity contribution in [2.24, 2.45) is 34.5 Å². The van der Waals surface area contributed by atoms with Crippen LogP contribution in [-0.4, -0.2) is 11.9 Å². The average Bonchev–Trinajstić information content (AvgIpc) is 3.28. The van der Waals surface area contributed by atoms with Gasteiger partial charge in [-0.2, -0.15) is 0 Å². The molecule has 1 aromatic heterocycles. The predicted molar refractivity (Wildman–Crippen MR) is 112 cm³/mol. The number of carbonyl (C=O) groups is 1. The van der Waals surface area contributed by atoms with Gasteiger partial charge in [0.2, 0.25) is 5.91 Å². The van der Waals surface area contributed by atoms with Gasteiger partial charge in [0.1, 0.15) is 0 Å². The van der Waals surface area contributed by atoms with E-state index >= 15 is 0 Å². The van der Waals surface area contributed by atoms with Gasteiger partial charge in [-0.15, -0.1) is 11.3 Å². The molecule has 148 valence electrons. The molecule has 1 aliphatic heterocycles. The Bertz CT molecular complexity index is 699. The minimum absolute atomic E-state index is 0.297. The van der Waals surface area contributed by atoms with Crippen molar-refractivity contribution in [3.05, 3.63) is 22.4 Å². The smallest absolute Gasteiger partial charge is 0.220 e. The van der Waals surface area contributed by atoms with E-state index in [1.54, 1.807) is 4.88 Å². The molecule has 1 aromatic rings. The molecule has 27 heavy (non-hydrogen) atoms. The summed E-state index contributed by atoms with van der Waals surface area (Å²) in [6.45, 7) is 5.16. The molecule has 5 rings (SSSR count). The lowest BCUT2D eigenvalue weighted by Gasteiger charge is -2.60. The molecule has 2 heterocycles. The molecule has 7 atom stereocenters. The molecule has 2 nitrogen and oxygen atoms in total. The number of thiophene rings is 1. The van der Waals surface area contributed by atoms with Crippen molar-refractivity contribution in [3.63, 3.8) is 0 Å². The van der Waals surface area contributed by atoms with E-state index in [2.05, 4.69) is 36.7 Å². The highest BCUT2D eigenvalue weighted by atomic mass is 32.1. The minimum Gasteiger partial charge on any atom is -0.353 e. The van der Waals surface area contributed by atoms with Crippen molar-refractivity contribution in [1.82, 2.24) is 5.32 Å². The van der Waals surface area contributed by atoms with Crippen LogP contribution in [0.2, 0.25) is 0 Å². The van der Waals surface area contributed by atoms with E-state index in [1.807, 2.05) is 11.3 Å². The minimum atomic E-state index is 0.297. The highest BCUT2D eigenvalue weighted by Gasteiger charge is 2.60. The van der Waals surface area contributed by atoms with Crippen LogP contribution in [0.15, 0.2) is 17.5 Å². The molecule has 3 saturated carbocycles. The van der Waals surface area contributed by atoms with Crippen LogP contribution in [0.3, 0.4) is 0 Å². The Balaban J connectivity index is 1.33. The SMILES string of the molecule is C[C@]12CCC(=O)N[C@@H]1CC[C@@H]1[C@@H]2CC[C@]2(C)[C@@H](CCc3cccs3)CC[C@@H]12. The van der Waals surface area contributed by atoms with Crippen LogP contribution < -0.4 is 5.32 Å². The molecule has 1 N–H and O–H groups in total. The van der Waals surface area contributed by atoms with Gasteiger partial charge < -0.3 is 5.32 Å². The molecule has 4 fully saturated rings. The molecule has 1 amide bonds. The van der Waals surface area contributed by atoms with Gasteiger partial charge in [-0.05, 0) is 104 Å². The largest absolute Gasteiger partial charge is 0.353 e. The number of hydrogen-bond acceptors (Lipinski definition) is 2. The van der Waals surface area contributed by atoms with Crippen molar-refractivity contribution < 1.29 is 4.79 Å². The summed E-state index contributed by atoms with van der Waals surface area (Å²) in [5.74, 6) is 3.89. The van der Waals surface area contributed by atoms with Crippen molar-refractivity contribution in [2.75, 3.05) is 0 Å². The Morgan fingerprint density at radius 1 is 1.07 bits per heavy atom. The van der Waals surface area contributed by atoms with Crippen molar-refractivity contribution in [1.29, 1.82) is 0 Å². The van der Waals surface area contributed by atoms with Gasteiger partial charge in [-0.1, -0.05) is 19.9 Å². The van der Waals surface area contributed by atoms with E-state index in [1.165, 1.54) is 51.4 Å². The molecule has 0 bridgehead atoms. The lowest BCUT2D eigenvalue weighted by molar-refractivity contribution is -0.136. The third-order valence-electron chi connectivity index (χ3n) is 9.61. The fourth-order valence-corrected chi connectivity index (χ4v) is 8.78. The lowest BCUT2D eigenvalue weighted by atomic mass is 9.47. The first-order valence-electron chi connectivity index (χ1n) is 11.3. The summed E-state index contributed by atoms with van der Waals surface area (Å²) in [6.07, 6.45) is 12.8. The zero-order valence-electron chi connectivity index (χ0n) is 17.0. The van der Waals surface area contributed by atoms with Crippen LogP contribution in [0.4, 0.5) is 0 Å². The summed E-state index contributed by atoms with van der Waals surface area (Å²) in [4.78, 5) is 13.5. The number of carbonyl (C=O) groups excluding carboxylic acids is 1. The molecule has 3 aliphatic carbocycles. The van der Waals surface area contributed by atoms with E-state index in [4.69, 9.17) is 0 Å². The lowest BCUT2D eigenvalue weighted by Crippen LogP contribution is -2.61. The van der Waals surface area contributed by atoms with Gasteiger partial charge in [0.15, 0.2) is 0 Å². The second kappa shape index (κ2) is 6.61. The molecule has 0 unspecified atom stereocenters. The molecular formula is C24H35NOS. The normalized spacial score (nSPS) is 46.3. The second-order valence-electron chi connectivity index (χ2n) is 10.5. The monoisotopic (exact) mass is 385 g/mol. The van der Waals surface area contributed by atoms with Crippen LogP contribution in [0.1, 0.15) is 76.5 Å². The zero-order chi connectivity index (χ0) is 18.6. The van der Waals surface area contributed by atoms with Gasteiger partial charge in [-0.25, -0.2) is 0 Å². The van der Waals surface area contributed by atoms with E-state index in [-0.39, 0.29) is 0 Å². The van der Waals surface area contributed by atoms with Gasteiger partial charge in [0.05, 0.1) is 0 Å². The fraction of sp³-hybridized carbons (Fsp3) is 0.792. The van der Waals surface area contributed by atoms with Crippen molar-refractivity contribution in [3.8, 4) is 0 Å². The number of nitrogens with one attached hydrogen (secondary N) is 1. The Labute approximate surface area is 168 Å². The van der Waals surface area contributed by atoms with Crippen molar-refractivity contribution >= 4 is 17.2 Å². The summed E-state index contributed by atoms with van der Waals surface area (Å²) in [5.41, 5.74) is 0.923. The highest BCUT2D eigenvalue weighted by Crippen LogP contribution is 2.66. The number of piperidine rings is 1. The van der Waals surface area contributed by atoms with Crippen LogP contribution >= 0.6 is 11.3 Å². The molecule has 0 spiro atoms. The molecular weight excluding hydrogens is 350 g/mol. The number of rotatable bonds is 3. The zero-order valence-corrected chi connectivity index (χ0v) is 17.8. The third-order valence-corrected chi connectivity index (χ3v) is 10.5. The number of hydrogen-bond donors (Lipinski definition) is 1. The molecule has 0 aromatic carbocycles. The van der Waals surface area contributed by atoms with Crippen molar-refractivity contribution in [2.45, 2.75) is 84.1 Å². The maximum Gasteiger partial charge on any atom is 0.220 e. The first-order chi connectivity index (χ1) is 13.0. The van der Waals surface area contributed by atoms with Gasteiger partial charge in [0, 0.05) is 17.3 Å². The van der Waals surface area contributed by atoms with E-state index in [0.29, 0.717) is 22.8 Å². The van der Waals surface area contributed by atoms with Crippen LogP contribution in [-0.2, 0) is 11.2 Å². The Hall–Kier alpha value is -0.830. The topological polar surface area (TPSA) is 29.1 Å². The molecule has 3 heteroatoms. The second-order valence-corrected chi connectivity index (χ2v) is 11.5. The van der Waals surface area contributed by atoms with Gasteiger partial charge >= 0.3 is 0 Å². The Morgan fingerprint density at radius 2 is 1.93 bits per heavy atom. The summed E-state index contributed by atoms with van der Waals surface area (Å²) >= 11 is 1.93. The summed E-state index contributed by atoms with van der Waals surface area (Å²) < 4.78 is 0. The van der Waals surface area contributed by atoms with E-state index in [9.17, 15) is 4.79 Å². The van der Waals surface area contributed by atoms with Crippen LogP contribution in [0.25, 0.3) is 0 Å². The van der Waals surface area contributed by atoms with E-state index in [0.717, 1.165) is 36.5 Å². The summed E-state index contributed by atoms with van der Waals surface area (Å²) in [5, 5.41) is 5.59. The Kier molecular flexibility index (Phi) is 4.46. The number of fused-ring (bicyclic) bond motifs is 5. The van der Waals surface area contributed by atoms with E-state index < -0.39 is 0 Å². The number of aryl methyl sites for hydroxylation is 1.